The van der Waals surface area contributed by atoms with Crippen molar-refractivity contribution >= 4 is 22.9 Å². The number of nitrogens with zero attached hydrogens (tertiary/aromatic N) is 2. The number of alkyl halides is 1. The smallest absolute Gasteiger partial charge is 0.107 e. The number of hydrogen-bond donors (Lipinski definition) is 0. The van der Waals surface area contributed by atoms with Gasteiger partial charge in [0, 0.05) is 5.38 Å². The van der Waals surface area contributed by atoms with Crippen LogP contribution in [0.2, 0.25) is 0 Å². The molecule has 0 aliphatic carbocycles. The van der Waals surface area contributed by atoms with Gasteiger partial charge in [-0.15, -0.1) is 22.9 Å². The molecule has 1 aromatic rings. The van der Waals surface area contributed by atoms with Crippen LogP contribution in [0.4, 0.5) is 0 Å². The summed E-state index contributed by atoms with van der Waals surface area (Å²) in [5.74, 6) is 2.04. The van der Waals surface area contributed by atoms with Crippen LogP contribution in [-0.2, 0) is 12.4 Å². The van der Waals surface area contributed by atoms with E-state index in [-0.39, 0.29) is 0 Å². The second-order valence-electron chi connectivity index (χ2n) is 6.01. The molecule has 1 aromatic heterocycles. The topological polar surface area (TPSA) is 16.1 Å². The minimum absolute atomic E-state index is 0.522. The summed E-state index contributed by atoms with van der Waals surface area (Å²) < 4.78 is 0. The van der Waals surface area contributed by atoms with E-state index in [1.807, 2.05) is 0 Å². The monoisotopic (exact) mass is 302 g/mol. The summed E-state index contributed by atoms with van der Waals surface area (Å²) in [4.78, 5) is 7.11. The van der Waals surface area contributed by atoms with Crippen molar-refractivity contribution in [3.8, 4) is 0 Å². The molecule has 110 valence electrons. The number of halogens is 1. The van der Waals surface area contributed by atoms with Crippen LogP contribution in [-0.4, -0.2) is 23.0 Å². The van der Waals surface area contributed by atoms with E-state index in [1.54, 1.807) is 11.3 Å². The molecule has 0 saturated carbocycles. The molecule has 0 spiro atoms. The second kappa shape index (κ2) is 8.93. The summed E-state index contributed by atoms with van der Waals surface area (Å²) in [5.41, 5.74) is 1.01. The quantitative estimate of drug-likeness (QED) is 0.610. The van der Waals surface area contributed by atoms with E-state index in [0.29, 0.717) is 5.88 Å². The third kappa shape index (κ3) is 7.28. The molecule has 0 aromatic carbocycles. The van der Waals surface area contributed by atoms with Gasteiger partial charge in [0.1, 0.15) is 5.01 Å². The van der Waals surface area contributed by atoms with E-state index in [0.717, 1.165) is 24.1 Å². The summed E-state index contributed by atoms with van der Waals surface area (Å²) in [7, 11) is 0. The number of hydrogen-bond acceptors (Lipinski definition) is 3. The summed E-state index contributed by atoms with van der Waals surface area (Å²) in [6, 6.07) is 0. The Kier molecular flexibility index (Phi) is 7.96. The highest BCUT2D eigenvalue weighted by Gasteiger charge is 2.10. The maximum absolute atomic E-state index is 5.81. The van der Waals surface area contributed by atoms with Crippen molar-refractivity contribution in [1.29, 1.82) is 0 Å². The summed E-state index contributed by atoms with van der Waals surface area (Å²) in [6.07, 6.45) is 2.51. The average Bonchev–Trinajstić information content (AvgIpc) is 2.80. The molecular formula is C15H27ClN2S. The molecule has 19 heavy (non-hydrogen) atoms. The van der Waals surface area contributed by atoms with Gasteiger partial charge in [-0.25, -0.2) is 4.98 Å². The van der Waals surface area contributed by atoms with Crippen molar-refractivity contribution in [2.45, 2.75) is 53.0 Å². The standard InChI is InChI=1S/C15H27ClN2S/c1-12(2)5-7-18(8-6-13(3)4)10-15-17-14(9-16)11-19-15/h11-13H,5-10H2,1-4H3. The van der Waals surface area contributed by atoms with Crippen LogP contribution in [0.15, 0.2) is 5.38 Å². The molecule has 2 nitrogen and oxygen atoms in total. The van der Waals surface area contributed by atoms with Gasteiger partial charge in [-0.3, -0.25) is 4.90 Å². The van der Waals surface area contributed by atoms with Crippen molar-refractivity contribution < 1.29 is 0 Å². The molecule has 0 aliphatic rings. The van der Waals surface area contributed by atoms with Crippen LogP contribution in [0.25, 0.3) is 0 Å². The van der Waals surface area contributed by atoms with E-state index in [2.05, 4.69) is 43.0 Å². The Hall–Kier alpha value is -0.120. The molecule has 4 heteroatoms. The van der Waals surface area contributed by atoms with Gasteiger partial charge < -0.3 is 0 Å². The highest BCUT2D eigenvalue weighted by molar-refractivity contribution is 7.09. The molecule has 1 heterocycles. The van der Waals surface area contributed by atoms with Crippen molar-refractivity contribution in [3.05, 3.63) is 16.1 Å². The van der Waals surface area contributed by atoms with E-state index in [9.17, 15) is 0 Å². The van der Waals surface area contributed by atoms with Gasteiger partial charge in [-0.1, -0.05) is 27.7 Å². The van der Waals surface area contributed by atoms with Gasteiger partial charge >= 0.3 is 0 Å². The predicted molar refractivity (Wildman–Crippen MR) is 85.9 cm³/mol. The number of rotatable bonds is 9. The molecule has 0 unspecified atom stereocenters. The first-order valence-corrected chi connectivity index (χ1v) is 8.64. The minimum Gasteiger partial charge on any atom is -0.297 e. The normalized spacial score (nSPS) is 12.0. The first-order chi connectivity index (χ1) is 9.01. The molecule has 0 radical (unpaired) electrons. The Morgan fingerprint density at radius 3 is 2.16 bits per heavy atom. The first-order valence-electron chi connectivity index (χ1n) is 7.22. The van der Waals surface area contributed by atoms with Crippen LogP contribution in [0.1, 0.15) is 51.2 Å². The lowest BCUT2D eigenvalue weighted by atomic mass is 10.1. The zero-order valence-electron chi connectivity index (χ0n) is 12.7. The van der Waals surface area contributed by atoms with Crippen LogP contribution >= 0.6 is 22.9 Å². The summed E-state index contributed by atoms with van der Waals surface area (Å²) in [6.45, 7) is 12.5. The van der Waals surface area contributed by atoms with E-state index >= 15 is 0 Å². The van der Waals surface area contributed by atoms with Crippen LogP contribution in [0.5, 0.6) is 0 Å². The molecule has 0 amide bonds. The fourth-order valence-electron chi connectivity index (χ4n) is 1.83. The van der Waals surface area contributed by atoms with E-state index in [1.165, 1.54) is 30.9 Å². The van der Waals surface area contributed by atoms with Gasteiger partial charge in [-0.05, 0) is 37.8 Å². The minimum atomic E-state index is 0.522. The van der Waals surface area contributed by atoms with Crippen molar-refractivity contribution in [2.24, 2.45) is 11.8 Å². The van der Waals surface area contributed by atoms with Gasteiger partial charge in [0.15, 0.2) is 0 Å². The second-order valence-corrected chi connectivity index (χ2v) is 7.22. The molecule has 0 fully saturated rings. The SMILES string of the molecule is CC(C)CCN(CCC(C)C)Cc1nc(CCl)cs1. The Morgan fingerprint density at radius 2 is 1.74 bits per heavy atom. The largest absolute Gasteiger partial charge is 0.297 e. The van der Waals surface area contributed by atoms with Crippen LogP contribution in [0.3, 0.4) is 0 Å². The lowest BCUT2D eigenvalue weighted by Gasteiger charge is -2.23. The van der Waals surface area contributed by atoms with E-state index in [4.69, 9.17) is 11.6 Å². The Morgan fingerprint density at radius 1 is 1.16 bits per heavy atom. The zero-order chi connectivity index (χ0) is 14.3. The van der Waals surface area contributed by atoms with E-state index < -0.39 is 0 Å². The van der Waals surface area contributed by atoms with Crippen LogP contribution in [0, 0.1) is 11.8 Å². The Balaban J connectivity index is 2.51. The van der Waals surface area contributed by atoms with Gasteiger partial charge in [0.05, 0.1) is 18.1 Å². The average molecular weight is 303 g/mol. The lowest BCUT2D eigenvalue weighted by molar-refractivity contribution is 0.235. The van der Waals surface area contributed by atoms with Gasteiger partial charge in [-0.2, -0.15) is 0 Å². The van der Waals surface area contributed by atoms with Crippen LogP contribution < -0.4 is 0 Å². The molecule has 0 saturated heterocycles. The van der Waals surface area contributed by atoms with Gasteiger partial charge in [0.25, 0.3) is 0 Å². The third-order valence-corrected chi connectivity index (χ3v) is 4.30. The fourth-order valence-corrected chi connectivity index (χ4v) is 2.89. The predicted octanol–water partition coefficient (Wildman–Crippen LogP) is 4.78. The van der Waals surface area contributed by atoms with Crippen molar-refractivity contribution in [3.63, 3.8) is 0 Å². The van der Waals surface area contributed by atoms with Gasteiger partial charge in [0.2, 0.25) is 0 Å². The highest BCUT2D eigenvalue weighted by atomic mass is 35.5. The summed E-state index contributed by atoms with van der Waals surface area (Å²) in [5, 5.41) is 3.27. The third-order valence-electron chi connectivity index (χ3n) is 3.14. The maximum atomic E-state index is 5.81. The Bertz CT molecular complexity index is 338. The zero-order valence-corrected chi connectivity index (χ0v) is 14.2. The fraction of sp³-hybridized carbons (Fsp3) is 0.800. The lowest BCUT2D eigenvalue weighted by Crippen LogP contribution is -2.27. The molecule has 0 aliphatic heterocycles. The van der Waals surface area contributed by atoms with Crippen molar-refractivity contribution in [1.82, 2.24) is 9.88 Å². The molecule has 0 N–H and O–H groups in total. The number of aromatic nitrogens is 1. The maximum Gasteiger partial charge on any atom is 0.107 e. The molecular weight excluding hydrogens is 276 g/mol. The van der Waals surface area contributed by atoms with Crippen molar-refractivity contribution in [2.75, 3.05) is 13.1 Å². The Labute approximate surface area is 127 Å². The first kappa shape index (κ1) is 16.9. The highest BCUT2D eigenvalue weighted by Crippen LogP contribution is 2.16. The molecule has 1 rings (SSSR count). The summed E-state index contributed by atoms with van der Waals surface area (Å²) >= 11 is 7.55. The molecule has 0 atom stereocenters. The molecule has 0 bridgehead atoms. The number of thiazole rings is 1.